The van der Waals surface area contributed by atoms with Crippen LogP contribution >= 0.6 is 11.6 Å². The molecule has 0 aliphatic carbocycles. The third kappa shape index (κ3) is 4.20. The van der Waals surface area contributed by atoms with Crippen LogP contribution in [0.4, 0.5) is 0 Å². The average Bonchev–Trinajstić information content (AvgIpc) is 2.53. The number of hydrogen-bond donors (Lipinski definition) is 2. The minimum atomic E-state index is 0.217. The Bertz CT molecular complexity index is 420. The Labute approximate surface area is 121 Å². The zero-order chi connectivity index (χ0) is 14.8. The van der Waals surface area contributed by atoms with E-state index in [1.807, 2.05) is 14.0 Å². The van der Waals surface area contributed by atoms with Crippen LogP contribution in [-0.4, -0.2) is 15.8 Å². The van der Waals surface area contributed by atoms with Gasteiger partial charge in [0.15, 0.2) is 0 Å². The lowest BCUT2D eigenvalue weighted by Gasteiger charge is -2.30. The topological polar surface area (TPSA) is 55.9 Å². The maximum Gasteiger partial charge on any atom is 0.130 e. The van der Waals surface area contributed by atoms with Gasteiger partial charge in [-0.25, -0.2) is 0 Å². The molecule has 0 amide bonds. The maximum absolute atomic E-state index is 6.27. The van der Waals surface area contributed by atoms with Gasteiger partial charge in [0.2, 0.25) is 0 Å². The first-order valence-corrected chi connectivity index (χ1v) is 7.18. The molecule has 0 saturated heterocycles. The molecule has 110 valence electrons. The molecular weight excluding hydrogens is 260 g/mol. The molecule has 0 spiro atoms. The second-order valence-electron chi connectivity index (χ2n) is 6.55. The highest BCUT2D eigenvalue weighted by Crippen LogP contribution is 2.30. The van der Waals surface area contributed by atoms with Crippen LogP contribution in [0.3, 0.4) is 0 Å². The summed E-state index contributed by atoms with van der Waals surface area (Å²) < 4.78 is 1.72. The summed E-state index contributed by atoms with van der Waals surface area (Å²) in [5.74, 6) is 6.27. The standard InChI is InChI=1S/C14H27ClN4/c1-9(14(3,4)5)7-11(17-16)8-12-10(2)18-19(6)13(12)15/h9,11,17H,7-8,16H2,1-6H3. The number of nitrogens with one attached hydrogen (secondary N) is 1. The van der Waals surface area contributed by atoms with E-state index >= 15 is 0 Å². The zero-order valence-electron chi connectivity index (χ0n) is 12.9. The molecule has 19 heavy (non-hydrogen) atoms. The number of nitrogens with two attached hydrogens (primary N) is 1. The second kappa shape index (κ2) is 6.25. The molecule has 0 aromatic carbocycles. The van der Waals surface area contributed by atoms with Gasteiger partial charge in [-0.15, -0.1) is 0 Å². The first-order valence-electron chi connectivity index (χ1n) is 6.81. The molecule has 0 saturated carbocycles. The third-order valence-corrected chi connectivity index (χ3v) is 4.55. The van der Waals surface area contributed by atoms with Crippen molar-refractivity contribution < 1.29 is 0 Å². The number of halogens is 1. The minimum absolute atomic E-state index is 0.217. The SMILES string of the molecule is Cc1nn(C)c(Cl)c1CC(CC(C)C(C)(C)C)NN. The van der Waals surface area contributed by atoms with Crippen LogP contribution in [0.5, 0.6) is 0 Å². The first kappa shape index (κ1) is 16.5. The minimum Gasteiger partial charge on any atom is -0.271 e. The molecule has 1 heterocycles. The van der Waals surface area contributed by atoms with Crippen LogP contribution in [0, 0.1) is 18.3 Å². The van der Waals surface area contributed by atoms with Gasteiger partial charge in [-0.2, -0.15) is 5.10 Å². The highest BCUT2D eigenvalue weighted by atomic mass is 35.5. The van der Waals surface area contributed by atoms with E-state index in [2.05, 4.69) is 38.2 Å². The van der Waals surface area contributed by atoms with E-state index in [0.717, 1.165) is 24.1 Å². The molecule has 2 atom stereocenters. The van der Waals surface area contributed by atoms with Gasteiger partial charge in [0.25, 0.3) is 0 Å². The molecule has 1 aromatic rings. The van der Waals surface area contributed by atoms with Gasteiger partial charge in [0.05, 0.1) is 5.69 Å². The summed E-state index contributed by atoms with van der Waals surface area (Å²) in [5, 5.41) is 5.05. The van der Waals surface area contributed by atoms with Gasteiger partial charge in [0, 0.05) is 18.7 Å². The summed E-state index contributed by atoms with van der Waals surface area (Å²) >= 11 is 6.27. The van der Waals surface area contributed by atoms with Gasteiger partial charge in [0.1, 0.15) is 5.15 Å². The van der Waals surface area contributed by atoms with Crippen molar-refractivity contribution in [3.05, 3.63) is 16.4 Å². The van der Waals surface area contributed by atoms with Gasteiger partial charge >= 0.3 is 0 Å². The van der Waals surface area contributed by atoms with E-state index in [9.17, 15) is 0 Å². The summed E-state index contributed by atoms with van der Waals surface area (Å²) in [6.45, 7) is 11.0. The van der Waals surface area contributed by atoms with Crippen molar-refractivity contribution >= 4 is 11.6 Å². The molecule has 1 rings (SSSR count). The molecule has 0 aliphatic rings. The van der Waals surface area contributed by atoms with Crippen LogP contribution in [0.15, 0.2) is 0 Å². The fourth-order valence-corrected chi connectivity index (χ4v) is 2.39. The van der Waals surface area contributed by atoms with Crippen molar-refractivity contribution in [2.75, 3.05) is 0 Å². The number of hydrazine groups is 1. The van der Waals surface area contributed by atoms with E-state index < -0.39 is 0 Å². The van der Waals surface area contributed by atoms with Crippen LogP contribution in [-0.2, 0) is 13.5 Å². The molecule has 0 radical (unpaired) electrons. The normalized spacial score (nSPS) is 15.6. The van der Waals surface area contributed by atoms with Crippen molar-refractivity contribution in [2.24, 2.45) is 24.2 Å². The number of nitrogens with zero attached hydrogens (tertiary/aromatic N) is 2. The molecular formula is C14H27ClN4. The van der Waals surface area contributed by atoms with Crippen LogP contribution in [0.2, 0.25) is 5.15 Å². The smallest absolute Gasteiger partial charge is 0.130 e. The van der Waals surface area contributed by atoms with Crippen molar-refractivity contribution in [3.63, 3.8) is 0 Å². The summed E-state index contributed by atoms with van der Waals surface area (Å²) in [7, 11) is 1.86. The average molecular weight is 287 g/mol. The molecule has 1 aromatic heterocycles. The van der Waals surface area contributed by atoms with E-state index in [-0.39, 0.29) is 11.5 Å². The number of hydrogen-bond acceptors (Lipinski definition) is 3. The Morgan fingerprint density at radius 1 is 1.42 bits per heavy atom. The van der Waals surface area contributed by atoms with E-state index in [4.69, 9.17) is 17.4 Å². The van der Waals surface area contributed by atoms with E-state index in [0.29, 0.717) is 11.1 Å². The Hall–Kier alpha value is -0.580. The molecule has 2 unspecified atom stereocenters. The number of aryl methyl sites for hydroxylation is 2. The van der Waals surface area contributed by atoms with Crippen molar-refractivity contribution in [1.29, 1.82) is 0 Å². The van der Waals surface area contributed by atoms with E-state index in [1.54, 1.807) is 4.68 Å². The second-order valence-corrected chi connectivity index (χ2v) is 6.91. The first-order chi connectivity index (χ1) is 8.66. The summed E-state index contributed by atoms with van der Waals surface area (Å²) in [6.07, 6.45) is 1.83. The quantitative estimate of drug-likeness (QED) is 0.646. The highest BCUT2D eigenvalue weighted by Gasteiger charge is 2.24. The Balaban J connectivity index is 2.77. The number of aromatic nitrogens is 2. The van der Waals surface area contributed by atoms with Gasteiger partial charge in [-0.05, 0) is 31.1 Å². The molecule has 5 heteroatoms. The molecule has 0 bridgehead atoms. The van der Waals surface area contributed by atoms with Crippen LogP contribution in [0.25, 0.3) is 0 Å². The van der Waals surface area contributed by atoms with Gasteiger partial charge in [-0.1, -0.05) is 39.3 Å². The Morgan fingerprint density at radius 2 is 2.00 bits per heavy atom. The maximum atomic E-state index is 6.27. The third-order valence-electron chi connectivity index (χ3n) is 4.07. The predicted octanol–water partition coefficient (Wildman–Crippen LogP) is 2.83. The lowest BCUT2D eigenvalue weighted by atomic mass is 9.78. The Kier molecular flexibility index (Phi) is 5.42. The highest BCUT2D eigenvalue weighted by molar-refractivity contribution is 6.30. The number of rotatable bonds is 5. The molecule has 0 fully saturated rings. The molecule has 4 nitrogen and oxygen atoms in total. The lowest BCUT2D eigenvalue weighted by molar-refractivity contribution is 0.222. The molecule has 0 aliphatic heterocycles. The largest absolute Gasteiger partial charge is 0.271 e. The van der Waals surface area contributed by atoms with Crippen molar-refractivity contribution in [3.8, 4) is 0 Å². The lowest BCUT2D eigenvalue weighted by Crippen LogP contribution is -2.39. The Morgan fingerprint density at radius 3 is 2.37 bits per heavy atom. The van der Waals surface area contributed by atoms with Gasteiger partial charge in [-0.3, -0.25) is 16.0 Å². The van der Waals surface area contributed by atoms with E-state index in [1.165, 1.54) is 0 Å². The fourth-order valence-electron chi connectivity index (χ4n) is 2.14. The summed E-state index contributed by atoms with van der Waals surface area (Å²) in [5.41, 5.74) is 5.28. The van der Waals surface area contributed by atoms with Gasteiger partial charge < -0.3 is 0 Å². The predicted molar refractivity (Wildman–Crippen MR) is 81.0 cm³/mol. The summed E-state index contributed by atoms with van der Waals surface area (Å²) in [4.78, 5) is 0. The fraction of sp³-hybridized carbons (Fsp3) is 0.786. The molecule has 3 N–H and O–H groups in total. The van der Waals surface area contributed by atoms with Crippen molar-refractivity contribution in [1.82, 2.24) is 15.2 Å². The zero-order valence-corrected chi connectivity index (χ0v) is 13.7. The monoisotopic (exact) mass is 286 g/mol. The summed E-state index contributed by atoms with van der Waals surface area (Å²) in [6, 6.07) is 0.217. The van der Waals surface area contributed by atoms with Crippen LogP contribution < -0.4 is 11.3 Å². The van der Waals surface area contributed by atoms with Crippen molar-refractivity contribution in [2.45, 2.75) is 53.5 Å². The van der Waals surface area contributed by atoms with Crippen LogP contribution in [0.1, 0.15) is 45.4 Å².